The third-order valence-electron chi connectivity index (χ3n) is 9.07. The van der Waals surface area contributed by atoms with Gasteiger partial charge >= 0.3 is 5.97 Å². The molecule has 0 aliphatic carbocycles. The number of carbonyl (C=O) groups is 2. The molecule has 16 heteroatoms. The van der Waals surface area contributed by atoms with Crippen molar-refractivity contribution in [1.29, 1.82) is 0 Å². The molecule has 4 aromatic rings. The molecule has 2 aliphatic heterocycles. The first kappa shape index (κ1) is 40.4. The van der Waals surface area contributed by atoms with Crippen molar-refractivity contribution in [2.45, 2.75) is 49.3 Å². The summed E-state index contributed by atoms with van der Waals surface area (Å²) >= 11 is 0. The molecule has 2 fully saturated rings. The van der Waals surface area contributed by atoms with Gasteiger partial charge in [0.1, 0.15) is 0 Å². The van der Waals surface area contributed by atoms with Crippen molar-refractivity contribution >= 4 is 43.2 Å². The summed E-state index contributed by atoms with van der Waals surface area (Å²) < 4.78 is 71.2. The number of ether oxygens (including phenoxy) is 3. The maximum atomic E-state index is 13.3. The van der Waals surface area contributed by atoms with Crippen molar-refractivity contribution in [1.82, 2.24) is 9.97 Å². The molecule has 0 bridgehead atoms. The van der Waals surface area contributed by atoms with Crippen molar-refractivity contribution in [3.63, 3.8) is 0 Å². The van der Waals surface area contributed by atoms with E-state index in [1.165, 1.54) is 28.1 Å². The van der Waals surface area contributed by atoms with Crippen LogP contribution >= 0.6 is 0 Å². The van der Waals surface area contributed by atoms with E-state index in [0.717, 1.165) is 0 Å². The number of aromatic nitrogens is 2. The Morgan fingerprint density at radius 2 is 1.07 bits per heavy atom. The number of sulfonamides is 2. The zero-order chi connectivity index (χ0) is 38.6. The lowest BCUT2D eigenvalue weighted by Crippen LogP contribution is -2.41. The molecular weight excluding hydrogens is 735 g/mol. The van der Waals surface area contributed by atoms with Gasteiger partial charge in [0.05, 0.1) is 65.6 Å². The Kier molecular flexibility index (Phi) is 14.3. The molecule has 0 unspecified atom stereocenters. The van der Waals surface area contributed by atoms with Crippen molar-refractivity contribution in [3.8, 4) is 0 Å². The van der Waals surface area contributed by atoms with E-state index in [1.807, 2.05) is 12.1 Å². The van der Waals surface area contributed by atoms with E-state index in [1.54, 1.807) is 72.8 Å². The van der Waals surface area contributed by atoms with Crippen molar-refractivity contribution in [2.75, 3.05) is 48.7 Å². The first-order valence-corrected chi connectivity index (χ1v) is 20.6. The van der Waals surface area contributed by atoms with Gasteiger partial charge in [-0.2, -0.15) is 0 Å². The Bertz CT molecular complexity index is 1880. The third kappa shape index (κ3) is 10.3. The molecule has 0 radical (unpaired) electrons. The Morgan fingerprint density at radius 1 is 0.667 bits per heavy atom. The zero-order valence-corrected chi connectivity index (χ0v) is 31.7. The number of ketones is 1. The molecule has 2 N–H and O–H groups in total. The van der Waals surface area contributed by atoms with Gasteiger partial charge in [0.15, 0.2) is 5.78 Å². The minimum absolute atomic E-state index is 0.0880. The van der Waals surface area contributed by atoms with Gasteiger partial charge in [-0.3, -0.25) is 23.4 Å². The number of methoxy groups -OCH3 is 1. The summed E-state index contributed by atoms with van der Waals surface area (Å²) in [5.74, 6) is -0.687. The van der Waals surface area contributed by atoms with Crippen molar-refractivity contribution in [3.05, 3.63) is 120 Å². The highest BCUT2D eigenvalue weighted by atomic mass is 32.2. The molecule has 4 heterocycles. The predicted molar refractivity (Wildman–Crippen MR) is 204 cm³/mol. The van der Waals surface area contributed by atoms with Crippen LogP contribution in [0.3, 0.4) is 0 Å². The van der Waals surface area contributed by atoms with Gasteiger partial charge in [0.2, 0.25) is 20.0 Å². The van der Waals surface area contributed by atoms with E-state index in [2.05, 4.69) is 14.7 Å². The summed E-state index contributed by atoms with van der Waals surface area (Å²) in [6.07, 6.45) is 4.73. The second-order valence-corrected chi connectivity index (χ2v) is 16.9. The topological polar surface area (TPSA) is 188 Å². The lowest BCUT2D eigenvalue weighted by atomic mass is 10.2. The summed E-state index contributed by atoms with van der Waals surface area (Å²) in [7, 11) is -5.87. The van der Waals surface area contributed by atoms with E-state index < -0.39 is 36.5 Å². The van der Waals surface area contributed by atoms with Gasteiger partial charge in [0, 0.05) is 44.4 Å². The summed E-state index contributed by atoms with van der Waals surface area (Å²) in [6, 6.07) is 24.5. The number of Topliss-reactive ketones (excluding diaryl/α,β-unsaturated/α-hetero) is 1. The number of carbonyl (C=O) groups excluding carboxylic acids is 2. The van der Waals surface area contributed by atoms with Gasteiger partial charge in [-0.25, -0.2) is 21.6 Å². The van der Waals surface area contributed by atoms with Crippen LogP contribution in [0, 0.1) is 0 Å². The van der Waals surface area contributed by atoms with Crippen LogP contribution in [0.2, 0.25) is 0 Å². The number of benzene rings is 2. The number of hydrogen-bond acceptors (Lipinski definition) is 12. The molecule has 0 atom stereocenters. The molecule has 0 spiro atoms. The maximum Gasteiger partial charge on any atom is 0.339 e. The molecule has 288 valence electrons. The van der Waals surface area contributed by atoms with Gasteiger partial charge in [-0.1, -0.05) is 36.4 Å². The first-order valence-electron chi connectivity index (χ1n) is 17.5. The van der Waals surface area contributed by atoms with Gasteiger partial charge in [-0.15, -0.1) is 0 Å². The van der Waals surface area contributed by atoms with E-state index in [9.17, 15) is 26.4 Å². The van der Waals surface area contributed by atoms with Crippen molar-refractivity contribution in [2.24, 2.45) is 5.73 Å². The first-order chi connectivity index (χ1) is 26.0. The van der Waals surface area contributed by atoms with Crippen LogP contribution in [0.1, 0.15) is 57.8 Å². The minimum Gasteiger partial charge on any atom is -0.465 e. The summed E-state index contributed by atoms with van der Waals surface area (Å²) in [5, 5.41) is -0.967. The average molecular weight is 780 g/mol. The highest BCUT2D eigenvalue weighted by Crippen LogP contribution is 2.28. The van der Waals surface area contributed by atoms with E-state index in [4.69, 9.17) is 15.2 Å². The minimum atomic E-state index is -3.58. The zero-order valence-electron chi connectivity index (χ0n) is 30.0. The number of esters is 1. The number of para-hydroxylation sites is 2. The highest BCUT2D eigenvalue weighted by Gasteiger charge is 2.35. The van der Waals surface area contributed by atoms with Crippen LogP contribution < -0.4 is 14.3 Å². The Balaban J connectivity index is 0.000000208. The number of anilines is 2. The Hall–Kier alpha value is -4.74. The molecule has 54 heavy (non-hydrogen) atoms. The average Bonchev–Trinajstić information content (AvgIpc) is 3.23. The Labute approximate surface area is 316 Å². The summed E-state index contributed by atoms with van der Waals surface area (Å²) in [4.78, 5) is 31.7. The second kappa shape index (κ2) is 19.0. The molecule has 2 saturated heterocycles. The van der Waals surface area contributed by atoms with Crippen molar-refractivity contribution < 1.29 is 40.6 Å². The van der Waals surface area contributed by atoms with E-state index >= 15 is 0 Å². The number of hydrogen-bond donors (Lipinski definition) is 1. The molecule has 14 nitrogen and oxygen atoms in total. The lowest BCUT2D eigenvalue weighted by molar-refractivity contribution is 0.0600. The Morgan fingerprint density at radius 3 is 1.43 bits per heavy atom. The number of nitrogens with zero attached hydrogens (tertiary/aromatic N) is 4. The van der Waals surface area contributed by atoms with Crippen LogP contribution in [-0.2, 0) is 47.3 Å². The molecule has 0 saturated carbocycles. The molecule has 6 rings (SSSR count). The van der Waals surface area contributed by atoms with E-state index in [-0.39, 0.29) is 25.4 Å². The number of nitrogens with two attached hydrogens (primary N) is 1. The SMILES string of the molecule is COC(=O)c1ccc(CN(c2ccccc2)S(=O)(=O)C2CCOCC2)nc1.NCC(=O)c1ccc(CN(c2ccccc2)S(=O)(=O)C2CCOCC2)nc1. The highest BCUT2D eigenvalue weighted by molar-refractivity contribution is 7.93. The maximum absolute atomic E-state index is 13.3. The van der Waals surface area contributed by atoms with Crippen LogP contribution in [0.15, 0.2) is 97.3 Å². The van der Waals surface area contributed by atoms with Crippen LogP contribution in [0.5, 0.6) is 0 Å². The predicted octanol–water partition coefficient (Wildman–Crippen LogP) is 4.12. The molecule has 2 aromatic heterocycles. The number of rotatable bonds is 13. The lowest BCUT2D eigenvalue weighted by Gasteiger charge is -2.31. The fourth-order valence-corrected chi connectivity index (χ4v) is 9.76. The summed E-state index contributed by atoms with van der Waals surface area (Å²) in [5.41, 5.74) is 8.38. The normalized spacial score (nSPS) is 15.4. The molecule has 2 aliphatic rings. The quantitative estimate of drug-likeness (QED) is 0.151. The second-order valence-electron chi connectivity index (χ2n) is 12.6. The smallest absolute Gasteiger partial charge is 0.339 e. The van der Waals surface area contributed by atoms with Gasteiger partial charge in [-0.05, 0) is 74.2 Å². The van der Waals surface area contributed by atoms with Gasteiger partial charge < -0.3 is 19.9 Å². The molecule has 0 amide bonds. The largest absolute Gasteiger partial charge is 0.465 e. The molecular formula is C38H45N5O9S2. The number of pyridine rings is 2. The fraction of sp³-hybridized carbons (Fsp3) is 0.368. The fourth-order valence-electron chi connectivity index (χ4n) is 6.00. The summed E-state index contributed by atoms with van der Waals surface area (Å²) in [6.45, 7) is 1.87. The van der Waals surface area contributed by atoms with Gasteiger partial charge in [0.25, 0.3) is 0 Å². The molecule has 2 aromatic carbocycles. The van der Waals surface area contributed by atoms with Crippen LogP contribution in [-0.4, -0.2) is 89.1 Å². The van der Waals surface area contributed by atoms with E-state index in [0.29, 0.717) is 86.0 Å². The monoisotopic (exact) mass is 779 g/mol. The van der Waals surface area contributed by atoms with Crippen LogP contribution in [0.4, 0.5) is 11.4 Å². The standard InChI is InChI=1S/C19H23N3O4S.C19H22N2O5S/c20-12-19(23)15-6-7-16(21-13-15)14-22(17-4-2-1-3-5-17)27(24,25)18-8-10-26-11-9-18;1-25-19(22)15-7-8-16(20-13-15)14-21(17-5-3-2-4-6-17)27(23,24)18-9-11-26-12-10-18/h1-7,13,18H,8-12,14,20H2;2-8,13,18H,9-12,14H2,1H3. The van der Waals surface area contributed by atoms with Crippen LogP contribution in [0.25, 0.3) is 0 Å². The third-order valence-corrected chi connectivity index (χ3v) is 13.6.